The van der Waals surface area contributed by atoms with Crippen molar-refractivity contribution in [3.05, 3.63) is 53.8 Å². The summed E-state index contributed by atoms with van der Waals surface area (Å²) in [5, 5.41) is 12.2. The second-order valence-corrected chi connectivity index (χ2v) is 4.97. The lowest BCUT2D eigenvalue weighted by Gasteiger charge is -2.16. The maximum Gasteiger partial charge on any atom is 0.333 e. The predicted octanol–water partition coefficient (Wildman–Crippen LogP) is 1.44. The minimum Gasteiger partial charge on any atom is -0.507 e. The van der Waals surface area contributed by atoms with E-state index in [2.05, 4.69) is 16.2 Å². The second-order valence-electron chi connectivity index (χ2n) is 4.97. The average molecular weight is 317 g/mol. The Bertz CT molecular complexity index is 640. The standard InChI is InChI=1S/C16H19N3O4/c1-23-12-8-6-11(7-9-12)10-17-16(22)19-18-15(21)13-4-2-3-5-14(13)20/h2-6,8-9,11,20H,7,10H2,1H3,(H,18,21)(H2,17,19,22). The van der Waals surface area contributed by atoms with Gasteiger partial charge in [0.1, 0.15) is 11.5 Å². The molecule has 122 valence electrons. The zero-order valence-corrected chi connectivity index (χ0v) is 12.7. The molecule has 1 aliphatic carbocycles. The number of hydrogen-bond acceptors (Lipinski definition) is 4. The van der Waals surface area contributed by atoms with E-state index in [1.54, 1.807) is 19.2 Å². The van der Waals surface area contributed by atoms with Gasteiger partial charge in [-0.2, -0.15) is 0 Å². The normalized spacial score (nSPS) is 16.2. The molecule has 0 aromatic heterocycles. The van der Waals surface area contributed by atoms with Gasteiger partial charge in [0.15, 0.2) is 0 Å². The number of rotatable bonds is 4. The molecule has 4 N–H and O–H groups in total. The Hall–Kier alpha value is -2.96. The molecular weight excluding hydrogens is 298 g/mol. The monoisotopic (exact) mass is 317 g/mol. The van der Waals surface area contributed by atoms with Crippen LogP contribution in [0, 0.1) is 5.92 Å². The van der Waals surface area contributed by atoms with Crippen molar-refractivity contribution in [2.45, 2.75) is 6.42 Å². The third kappa shape index (κ3) is 4.77. The fraction of sp³-hybridized carbons (Fsp3) is 0.250. The Morgan fingerprint density at radius 3 is 2.74 bits per heavy atom. The summed E-state index contributed by atoms with van der Waals surface area (Å²) in [5.74, 6) is 0.234. The topological polar surface area (TPSA) is 99.7 Å². The molecule has 0 heterocycles. The summed E-state index contributed by atoms with van der Waals surface area (Å²) in [5.41, 5.74) is 4.56. The van der Waals surface area contributed by atoms with E-state index in [1.807, 2.05) is 18.2 Å². The van der Waals surface area contributed by atoms with Crippen LogP contribution in [0.25, 0.3) is 0 Å². The SMILES string of the molecule is COC1=CCC(CNC(=O)NNC(=O)c2ccccc2O)C=C1. The molecule has 0 bridgehead atoms. The van der Waals surface area contributed by atoms with E-state index in [0.717, 1.165) is 12.2 Å². The third-order valence-corrected chi connectivity index (χ3v) is 3.35. The maximum atomic E-state index is 11.8. The lowest BCUT2D eigenvalue weighted by atomic mass is 10.0. The smallest absolute Gasteiger partial charge is 0.333 e. The average Bonchev–Trinajstić information content (AvgIpc) is 2.58. The molecule has 1 unspecified atom stereocenters. The molecule has 7 heteroatoms. The summed E-state index contributed by atoms with van der Waals surface area (Å²) >= 11 is 0. The van der Waals surface area contributed by atoms with Gasteiger partial charge < -0.3 is 15.2 Å². The summed E-state index contributed by atoms with van der Waals surface area (Å²) in [6, 6.07) is 5.55. The van der Waals surface area contributed by atoms with Gasteiger partial charge in [-0.05, 0) is 36.6 Å². The highest BCUT2D eigenvalue weighted by molar-refractivity contribution is 5.97. The zero-order chi connectivity index (χ0) is 16.7. The first-order chi connectivity index (χ1) is 11.1. The number of benzene rings is 1. The van der Waals surface area contributed by atoms with E-state index in [9.17, 15) is 14.7 Å². The van der Waals surface area contributed by atoms with Crippen LogP contribution in [-0.4, -0.2) is 30.7 Å². The Labute approximate surface area is 134 Å². The first-order valence-corrected chi connectivity index (χ1v) is 7.14. The number of phenolic OH excluding ortho intramolecular Hbond substituents is 1. The van der Waals surface area contributed by atoms with Crippen LogP contribution in [0.1, 0.15) is 16.8 Å². The van der Waals surface area contributed by atoms with Crippen molar-refractivity contribution in [2.24, 2.45) is 5.92 Å². The van der Waals surface area contributed by atoms with E-state index < -0.39 is 11.9 Å². The Morgan fingerprint density at radius 1 is 1.30 bits per heavy atom. The van der Waals surface area contributed by atoms with Crippen molar-refractivity contribution in [1.29, 1.82) is 0 Å². The van der Waals surface area contributed by atoms with Crippen LogP contribution < -0.4 is 16.2 Å². The van der Waals surface area contributed by atoms with Crippen LogP contribution in [0.3, 0.4) is 0 Å². The number of hydrazine groups is 1. The number of allylic oxidation sites excluding steroid dienone is 2. The van der Waals surface area contributed by atoms with Crippen LogP contribution >= 0.6 is 0 Å². The van der Waals surface area contributed by atoms with Crippen LogP contribution in [0.4, 0.5) is 4.79 Å². The van der Waals surface area contributed by atoms with Gasteiger partial charge in [-0.25, -0.2) is 10.2 Å². The molecular formula is C16H19N3O4. The number of para-hydroxylation sites is 1. The summed E-state index contributed by atoms with van der Waals surface area (Å²) in [6.45, 7) is 0.433. The van der Waals surface area contributed by atoms with Gasteiger partial charge in [0.2, 0.25) is 0 Å². The van der Waals surface area contributed by atoms with Crippen molar-refractivity contribution in [1.82, 2.24) is 16.2 Å². The van der Waals surface area contributed by atoms with Gasteiger partial charge in [0.25, 0.3) is 5.91 Å². The number of methoxy groups -OCH3 is 1. The fourth-order valence-electron chi connectivity index (χ4n) is 2.06. The van der Waals surface area contributed by atoms with Gasteiger partial charge in [0, 0.05) is 6.54 Å². The summed E-state index contributed by atoms with van der Waals surface area (Å²) in [6.07, 6.45) is 6.53. The van der Waals surface area contributed by atoms with Crippen molar-refractivity contribution in [3.8, 4) is 5.75 Å². The van der Waals surface area contributed by atoms with Crippen molar-refractivity contribution < 1.29 is 19.4 Å². The van der Waals surface area contributed by atoms with Crippen LogP contribution in [0.5, 0.6) is 5.75 Å². The predicted molar refractivity (Wildman–Crippen MR) is 84.4 cm³/mol. The molecule has 0 saturated heterocycles. The van der Waals surface area contributed by atoms with E-state index in [1.165, 1.54) is 12.1 Å². The van der Waals surface area contributed by atoms with Crippen LogP contribution in [-0.2, 0) is 4.74 Å². The zero-order valence-electron chi connectivity index (χ0n) is 12.7. The third-order valence-electron chi connectivity index (χ3n) is 3.35. The first kappa shape index (κ1) is 16.4. The molecule has 1 aliphatic rings. The van der Waals surface area contributed by atoms with Gasteiger partial charge >= 0.3 is 6.03 Å². The van der Waals surface area contributed by atoms with Gasteiger partial charge in [-0.1, -0.05) is 18.2 Å². The van der Waals surface area contributed by atoms with Crippen molar-refractivity contribution >= 4 is 11.9 Å². The van der Waals surface area contributed by atoms with E-state index in [0.29, 0.717) is 6.54 Å². The first-order valence-electron chi connectivity index (χ1n) is 7.14. The van der Waals surface area contributed by atoms with Gasteiger partial charge in [0.05, 0.1) is 12.7 Å². The van der Waals surface area contributed by atoms with Gasteiger partial charge in [-0.15, -0.1) is 0 Å². The molecule has 3 amide bonds. The van der Waals surface area contributed by atoms with Crippen molar-refractivity contribution in [2.75, 3.05) is 13.7 Å². The van der Waals surface area contributed by atoms with E-state index in [-0.39, 0.29) is 17.2 Å². The number of urea groups is 1. The Kier molecular flexibility index (Phi) is 5.62. The molecule has 1 aromatic carbocycles. The molecule has 0 saturated carbocycles. The Morgan fingerprint density at radius 2 is 2.09 bits per heavy atom. The number of hydrogen-bond donors (Lipinski definition) is 4. The van der Waals surface area contributed by atoms with Crippen LogP contribution in [0.15, 0.2) is 48.3 Å². The number of carbonyl (C=O) groups is 2. The molecule has 0 spiro atoms. The quantitative estimate of drug-likeness (QED) is 0.631. The number of carbonyl (C=O) groups excluding carboxylic acids is 2. The second kappa shape index (κ2) is 7.88. The molecule has 1 aromatic rings. The number of ether oxygens (including phenoxy) is 1. The molecule has 0 radical (unpaired) electrons. The molecule has 23 heavy (non-hydrogen) atoms. The number of aromatic hydroxyl groups is 1. The highest BCUT2D eigenvalue weighted by Gasteiger charge is 2.13. The number of nitrogens with one attached hydrogen (secondary N) is 3. The Balaban J connectivity index is 1.72. The fourth-order valence-corrected chi connectivity index (χ4v) is 2.06. The number of phenols is 1. The highest BCUT2D eigenvalue weighted by Crippen LogP contribution is 2.16. The summed E-state index contributed by atoms with van der Waals surface area (Å²) in [4.78, 5) is 23.5. The van der Waals surface area contributed by atoms with E-state index in [4.69, 9.17) is 4.74 Å². The van der Waals surface area contributed by atoms with E-state index >= 15 is 0 Å². The largest absolute Gasteiger partial charge is 0.507 e. The van der Waals surface area contributed by atoms with Crippen LogP contribution in [0.2, 0.25) is 0 Å². The summed E-state index contributed by atoms with van der Waals surface area (Å²) < 4.78 is 5.09. The lowest BCUT2D eigenvalue weighted by Crippen LogP contribution is -2.47. The molecule has 1 atom stereocenters. The highest BCUT2D eigenvalue weighted by atomic mass is 16.5. The molecule has 0 aliphatic heterocycles. The number of amides is 3. The van der Waals surface area contributed by atoms with Crippen molar-refractivity contribution in [3.63, 3.8) is 0 Å². The molecule has 2 rings (SSSR count). The minimum absolute atomic E-state index is 0.0836. The maximum absolute atomic E-state index is 11.8. The minimum atomic E-state index is -0.594. The summed E-state index contributed by atoms with van der Waals surface area (Å²) in [7, 11) is 1.61. The molecule has 0 fully saturated rings. The van der Waals surface area contributed by atoms with Gasteiger partial charge in [-0.3, -0.25) is 10.2 Å². The molecule has 7 nitrogen and oxygen atoms in total. The lowest BCUT2D eigenvalue weighted by molar-refractivity contribution is 0.0933.